The first-order valence-electron chi connectivity index (χ1n) is 9.17. The average molecular weight is 418 g/mol. The Labute approximate surface area is 174 Å². The van der Waals surface area contributed by atoms with Gasteiger partial charge in [-0.15, -0.1) is 0 Å². The molecule has 0 bridgehead atoms. The normalized spacial score (nSPS) is 11.1. The highest BCUT2D eigenvalue weighted by Crippen LogP contribution is 2.37. The van der Waals surface area contributed by atoms with Crippen molar-refractivity contribution in [2.24, 2.45) is 0 Å². The van der Waals surface area contributed by atoms with Crippen LogP contribution in [-0.2, 0) is 40.6 Å². The number of aromatic amines is 1. The van der Waals surface area contributed by atoms with Gasteiger partial charge in [-0.1, -0.05) is 12.1 Å². The molecule has 1 heterocycles. The predicted octanol–water partition coefficient (Wildman–Crippen LogP) is 0.851. The predicted molar refractivity (Wildman–Crippen MR) is 109 cm³/mol. The zero-order valence-corrected chi connectivity index (χ0v) is 17.1. The standard InChI is InChI=1S/C21H26N2O7/c1-22-8-17-19(13-5-4-12(9-24)15(10-25)16(13)11-26)14(6-7-18(27)29-2)20(23-17)21(28)30-3/h4-7,22-26H,8-11H2,1-3H3/b7-6+. The van der Waals surface area contributed by atoms with Gasteiger partial charge in [-0.2, -0.15) is 0 Å². The van der Waals surface area contributed by atoms with Crippen LogP contribution < -0.4 is 5.32 Å². The first kappa shape index (κ1) is 23.3. The largest absolute Gasteiger partial charge is 0.466 e. The number of nitrogens with one attached hydrogen (secondary N) is 2. The van der Waals surface area contributed by atoms with Crippen molar-refractivity contribution in [1.82, 2.24) is 10.3 Å². The molecule has 2 aromatic rings. The number of aliphatic hydroxyl groups excluding tert-OH is 3. The minimum Gasteiger partial charge on any atom is -0.466 e. The third kappa shape index (κ3) is 4.60. The molecule has 1 aromatic heterocycles. The van der Waals surface area contributed by atoms with Gasteiger partial charge in [0.1, 0.15) is 5.69 Å². The van der Waals surface area contributed by atoms with Crippen LogP contribution in [0.25, 0.3) is 17.2 Å². The molecule has 0 fully saturated rings. The lowest BCUT2D eigenvalue weighted by Crippen LogP contribution is -2.08. The molecule has 30 heavy (non-hydrogen) atoms. The Morgan fingerprint density at radius 1 is 1.07 bits per heavy atom. The maximum atomic E-state index is 12.4. The average Bonchev–Trinajstić information content (AvgIpc) is 3.13. The smallest absolute Gasteiger partial charge is 0.355 e. The van der Waals surface area contributed by atoms with Crippen molar-refractivity contribution in [2.45, 2.75) is 26.4 Å². The van der Waals surface area contributed by atoms with E-state index in [0.717, 1.165) is 0 Å². The van der Waals surface area contributed by atoms with Gasteiger partial charge >= 0.3 is 11.9 Å². The molecule has 0 aliphatic rings. The summed E-state index contributed by atoms with van der Waals surface area (Å²) in [6, 6.07) is 3.33. The van der Waals surface area contributed by atoms with E-state index in [1.165, 1.54) is 26.4 Å². The second-order valence-corrected chi connectivity index (χ2v) is 6.35. The van der Waals surface area contributed by atoms with E-state index < -0.39 is 18.5 Å². The van der Waals surface area contributed by atoms with E-state index >= 15 is 0 Å². The van der Waals surface area contributed by atoms with Crippen LogP contribution in [-0.4, -0.2) is 53.5 Å². The third-order valence-electron chi connectivity index (χ3n) is 4.73. The molecular formula is C21H26N2O7. The lowest BCUT2D eigenvalue weighted by atomic mass is 9.90. The highest BCUT2D eigenvalue weighted by molar-refractivity contribution is 5.99. The number of carbonyl (C=O) groups is 2. The van der Waals surface area contributed by atoms with Gasteiger partial charge in [0.2, 0.25) is 0 Å². The van der Waals surface area contributed by atoms with E-state index in [4.69, 9.17) is 4.74 Å². The number of rotatable bonds is 9. The Bertz CT molecular complexity index is 947. The van der Waals surface area contributed by atoms with Crippen molar-refractivity contribution in [3.63, 3.8) is 0 Å². The Kier molecular flexibility index (Phi) is 8.31. The Morgan fingerprint density at radius 2 is 1.77 bits per heavy atom. The van der Waals surface area contributed by atoms with Gasteiger partial charge in [-0.3, -0.25) is 0 Å². The number of esters is 2. The second-order valence-electron chi connectivity index (χ2n) is 6.35. The van der Waals surface area contributed by atoms with Gasteiger partial charge in [-0.25, -0.2) is 9.59 Å². The lowest BCUT2D eigenvalue weighted by molar-refractivity contribution is -0.134. The van der Waals surface area contributed by atoms with Crippen LogP contribution in [0, 0.1) is 0 Å². The lowest BCUT2D eigenvalue weighted by Gasteiger charge is -2.17. The molecule has 0 atom stereocenters. The minimum atomic E-state index is -0.636. The number of hydrogen-bond donors (Lipinski definition) is 5. The minimum absolute atomic E-state index is 0.124. The number of carbonyl (C=O) groups excluding carboxylic acids is 2. The first-order chi connectivity index (χ1) is 14.5. The maximum absolute atomic E-state index is 12.4. The summed E-state index contributed by atoms with van der Waals surface area (Å²) in [5, 5.41) is 32.4. The zero-order valence-electron chi connectivity index (χ0n) is 17.1. The number of hydrogen-bond acceptors (Lipinski definition) is 8. The van der Waals surface area contributed by atoms with Crippen LogP contribution in [0.3, 0.4) is 0 Å². The molecule has 0 saturated carbocycles. The molecule has 0 aliphatic heterocycles. The molecule has 1 aromatic carbocycles. The van der Waals surface area contributed by atoms with Gasteiger partial charge in [0, 0.05) is 29.4 Å². The molecule has 9 heteroatoms. The van der Waals surface area contributed by atoms with Gasteiger partial charge in [0.15, 0.2) is 0 Å². The molecular weight excluding hydrogens is 392 g/mol. The van der Waals surface area contributed by atoms with Crippen LogP contribution in [0.4, 0.5) is 0 Å². The van der Waals surface area contributed by atoms with E-state index in [2.05, 4.69) is 15.0 Å². The van der Waals surface area contributed by atoms with Crippen molar-refractivity contribution in [3.8, 4) is 11.1 Å². The number of ether oxygens (including phenoxy) is 2. The van der Waals surface area contributed by atoms with Crippen LogP contribution in [0.5, 0.6) is 0 Å². The van der Waals surface area contributed by atoms with Crippen LogP contribution in [0.15, 0.2) is 18.2 Å². The summed E-state index contributed by atoms with van der Waals surface area (Å²) in [4.78, 5) is 27.1. The molecule has 0 saturated heterocycles. The molecule has 9 nitrogen and oxygen atoms in total. The SMILES string of the molecule is CNCc1[nH]c(C(=O)OC)c(/C=C/C(=O)OC)c1-c1ccc(CO)c(CO)c1CO. The summed E-state index contributed by atoms with van der Waals surface area (Å²) in [6.45, 7) is -0.756. The Morgan fingerprint density at radius 3 is 2.30 bits per heavy atom. The highest BCUT2D eigenvalue weighted by atomic mass is 16.5. The Balaban J connectivity index is 2.89. The van der Waals surface area contributed by atoms with Gasteiger partial charge in [-0.05, 0) is 35.4 Å². The van der Waals surface area contributed by atoms with Gasteiger partial charge < -0.3 is 35.1 Å². The monoisotopic (exact) mass is 418 g/mol. The summed E-state index contributed by atoms with van der Waals surface area (Å²) in [5.41, 5.74) is 3.48. The highest BCUT2D eigenvalue weighted by Gasteiger charge is 2.25. The van der Waals surface area contributed by atoms with Crippen molar-refractivity contribution in [2.75, 3.05) is 21.3 Å². The fraction of sp³-hybridized carbons (Fsp3) is 0.333. The number of aromatic nitrogens is 1. The maximum Gasteiger partial charge on any atom is 0.355 e. The second kappa shape index (κ2) is 10.7. The zero-order chi connectivity index (χ0) is 22.3. The number of benzene rings is 1. The van der Waals surface area contributed by atoms with E-state index in [-0.39, 0.29) is 18.9 Å². The van der Waals surface area contributed by atoms with Crippen LogP contribution in [0.1, 0.15) is 38.4 Å². The molecule has 5 N–H and O–H groups in total. The summed E-state index contributed by atoms with van der Waals surface area (Å²) in [6.07, 6.45) is 2.61. The van der Waals surface area contributed by atoms with Crippen LogP contribution >= 0.6 is 0 Å². The summed E-state index contributed by atoms with van der Waals surface area (Å²) >= 11 is 0. The number of methoxy groups -OCH3 is 2. The van der Waals surface area contributed by atoms with Crippen molar-refractivity contribution in [3.05, 3.63) is 51.9 Å². The molecule has 0 amide bonds. The summed E-state index contributed by atoms with van der Waals surface area (Å²) in [5.74, 6) is -1.25. The third-order valence-corrected chi connectivity index (χ3v) is 4.73. The van der Waals surface area contributed by atoms with Gasteiger partial charge in [0.25, 0.3) is 0 Å². The molecule has 0 spiro atoms. The molecule has 0 radical (unpaired) electrons. The van der Waals surface area contributed by atoms with E-state index in [1.807, 2.05) is 0 Å². The number of H-pyrrole nitrogens is 1. The molecule has 0 aliphatic carbocycles. The first-order valence-corrected chi connectivity index (χ1v) is 9.17. The van der Waals surface area contributed by atoms with Crippen molar-refractivity contribution in [1.29, 1.82) is 0 Å². The Hall–Kier alpha value is -2.98. The molecule has 2 rings (SSSR count). The fourth-order valence-electron chi connectivity index (χ4n) is 3.34. The van der Waals surface area contributed by atoms with Crippen molar-refractivity contribution < 1.29 is 34.4 Å². The molecule has 0 unspecified atom stereocenters. The quantitative estimate of drug-likeness (QED) is 0.298. The van der Waals surface area contributed by atoms with E-state index in [0.29, 0.717) is 45.6 Å². The topological polar surface area (TPSA) is 141 Å². The number of aliphatic hydroxyl groups is 3. The van der Waals surface area contributed by atoms with Crippen LogP contribution in [0.2, 0.25) is 0 Å². The van der Waals surface area contributed by atoms with E-state index in [9.17, 15) is 24.9 Å². The summed E-state index contributed by atoms with van der Waals surface area (Å²) < 4.78 is 9.51. The van der Waals surface area contributed by atoms with Crippen molar-refractivity contribution >= 4 is 18.0 Å². The van der Waals surface area contributed by atoms with Gasteiger partial charge in [0.05, 0.1) is 34.0 Å². The summed E-state index contributed by atoms with van der Waals surface area (Å²) in [7, 11) is 4.21. The molecule has 162 valence electrons. The van der Waals surface area contributed by atoms with E-state index in [1.54, 1.807) is 19.2 Å². The fourth-order valence-corrected chi connectivity index (χ4v) is 3.34.